The van der Waals surface area contributed by atoms with E-state index in [0.29, 0.717) is 0 Å². The van der Waals surface area contributed by atoms with Gasteiger partial charge in [0.1, 0.15) is 0 Å². The molecule has 15 heavy (non-hydrogen) atoms. The number of likely N-dealkylation sites (tertiary alicyclic amines) is 1. The standard InChI is InChI=1S/C13H19NS/c1-12-6-5-7-13(10-12)15-11-14-8-3-2-4-9-14/h5-7,10H,2-4,8-9,11H2,1H3. The van der Waals surface area contributed by atoms with Crippen LogP contribution in [0.4, 0.5) is 0 Å². The molecule has 2 heteroatoms. The lowest BCUT2D eigenvalue weighted by atomic mass is 10.1. The Morgan fingerprint density at radius 3 is 2.73 bits per heavy atom. The van der Waals surface area contributed by atoms with Gasteiger partial charge in [0.2, 0.25) is 0 Å². The van der Waals surface area contributed by atoms with Crippen molar-refractivity contribution in [3.63, 3.8) is 0 Å². The van der Waals surface area contributed by atoms with E-state index in [9.17, 15) is 0 Å². The predicted octanol–water partition coefficient (Wildman–Crippen LogP) is 3.53. The Bertz CT molecular complexity index is 305. The Hall–Kier alpha value is -0.470. The van der Waals surface area contributed by atoms with E-state index in [1.807, 2.05) is 11.8 Å². The lowest BCUT2D eigenvalue weighted by Gasteiger charge is -2.25. The van der Waals surface area contributed by atoms with Crippen LogP contribution in [-0.4, -0.2) is 23.9 Å². The van der Waals surface area contributed by atoms with Crippen LogP contribution in [0.15, 0.2) is 29.2 Å². The van der Waals surface area contributed by atoms with E-state index >= 15 is 0 Å². The molecule has 0 atom stereocenters. The van der Waals surface area contributed by atoms with Crippen LogP contribution in [0.25, 0.3) is 0 Å². The van der Waals surface area contributed by atoms with Crippen molar-refractivity contribution in [2.45, 2.75) is 31.1 Å². The largest absolute Gasteiger partial charge is 0.294 e. The van der Waals surface area contributed by atoms with Gasteiger partial charge in [-0.15, -0.1) is 11.8 Å². The highest BCUT2D eigenvalue weighted by Gasteiger charge is 2.09. The molecule has 1 aromatic rings. The molecule has 0 N–H and O–H groups in total. The molecule has 0 bridgehead atoms. The fraction of sp³-hybridized carbons (Fsp3) is 0.538. The molecule has 0 aromatic heterocycles. The fourth-order valence-electron chi connectivity index (χ4n) is 1.96. The highest BCUT2D eigenvalue weighted by molar-refractivity contribution is 7.99. The Morgan fingerprint density at radius 1 is 1.20 bits per heavy atom. The molecular formula is C13H19NS. The number of hydrogen-bond acceptors (Lipinski definition) is 2. The third-order valence-electron chi connectivity index (χ3n) is 2.85. The maximum Gasteiger partial charge on any atom is 0.0491 e. The third kappa shape index (κ3) is 3.54. The SMILES string of the molecule is Cc1cccc(SCN2CCCCC2)c1. The van der Waals surface area contributed by atoms with E-state index in [1.54, 1.807) is 0 Å². The van der Waals surface area contributed by atoms with Crippen LogP contribution in [0.2, 0.25) is 0 Å². The maximum absolute atomic E-state index is 2.57. The fourth-order valence-corrected chi connectivity index (χ4v) is 2.99. The topological polar surface area (TPSA) is 3.24 Å². The molecular weight excluding hydrogens is 202 g/mol. The zero-order valence-electron chi connectivity index (χ0n) is 9.41. The summed E-state index contributed by atoms with van der Waals surface area (Å²) in [6.07, 6.45) is 4.19. The quantitative estimate of drug-likeness (QED) is 0.718. The number of rotatable bonds is 3. The average Bonchev–Trinajstić information content (AvgIpc) is 2.28. The highest BCUT2D eigenvalue weighted by Crippen LogP contribution is 2.21. The molecule has 1 nitrogen and oxygen atoms in total. The first-order valence-corrected chi connectivity index (χ1v) is 6.75. The molecule has 0 spiro atoms. The number of hydrogen-bond donors (Lipinski definition) is 0. The molecule has 1 aliphatic rings. The van der Waals surface area contributed by atoms with Crippen LogP contribution in [-0.2, 0) is 0 Å². The molecule has 0 amide bonds. The lowest BCUT2D eigenvalue weighted by Crippen LogP contribution is -2.29. The number of piperidine rings is 1. The van der Waals surface area contributed by atoms with E-state index < -0.39 is 0 Å². The molecule has 82 valence electrons. The van der Waals surface area contributed by atoms with Crippen LogP contribution >= 0.6 is 11.8 Å². The molecule has 0 saturated carbocycles. The number of thioether (sulfide) groups is 1. The molecule has 1 aliphatic heterocycles. The first kappa shape index (κ1) is 11.0. The van der Waals surface area contributed by atoms with Crippen molar-refractivity contribution in [3.05, 3.63) is 29.8 Å². The molecule has 1 fully saturated rings. The van der Waals surface area contributed by atoms with Gasteiger partial charge in [-0.2, -0.15) is 0 Å². The zero-order chi connectivity index (χ0) is 10.5. The first-order valence-electron chi connectivity index (χ1n) is 5.76. The molecule has 0 radical (unpaired) electrons. The lowest BCUT2D eigenvalue weighted by molar-refractivity contribution is 0.266. The second-order valence-corrected chi connectivity index (χ2v) is 5.29. The third-order valence-corrected chi connectivity index (χ3v) is 3.93. The Balaban J connectivity index is 1.81. The van der Waals surface area contributed by atoms with Crippen LogP contribution in [0, 0.1) is 6.92 Å². The van der Waals surface area contributed by atoms with E-state index in [2.05, 4.69) is 36.1 Å². The van der Waals surface area contributed by atoms with Gasteiger partial charge in [-0.1, -0.05) is 24.1 Å². The van der Waals surface area contributed by atoms with E-state index in [4.69, 9.17) is 0 Å². The first-order chi connectivity index (χ1) is 7.34. The van der Waals surface area contributed by atoms with Crippen molar-refractivity contribution in [1.29, 1.82) is 0 Å². The Morgan fingerprint density at radius 2 is 2.00 bits per heavy atom. The summed E-state index contributed by atoms with van der Waals surface area (Å²) in [5, 5.41) is 0. The number of aryl methyl sites for hydroxylation is 1. The van der Waals surface area contributed by atoms with Gasteiger partial charge >= 0.3 is 0 Å². The molecule has 1 heterocycles. The normalized spacial score (nSPS) is 17.9. The van der Waals surface area contributed by atoms with Gasteiger partial charge < -0.3 is 0 Å². The molecule has 2 rings (SSSR count). The summed E-state index contributed by atoms with van der Waals surface area (Å²) < 4.78 is 0. The predicted molar refractivity (Wildman–Crippen MR) is 67.3 cm³/mol. The molecule has 0 unspecified atom stereocenters. The maximum atomic E-state index is 2.57. The minimum absolute atomic E-state index is 1.16. The van der Waals surface area contributed by atoms with E-state index in [-0.39, 0.29) is 0 Å². The monoisotopic (exact) mass is 221 g/mol. The van der Waals surface area contributed by atoms with Crippen molar-refractivity contribution >= 4 is 11.8 Å². The minimum atomic E-state index is 1.16. The second-order valence-electron chi connectivity index (χ2n) is 4.27. The summed E-state index contributed by atoms with van der Waals surface area (Å²) in [5.74, 6) is 1.16. The van der Waals surface area contributed by atoms with Crippen molar-refractivity contribution in [1.82, 2.24) is 4.90 Å². The zero-order valence-corrected chi connectivity index (χ0v) is 10.2. The Kier molecular flexibility index (Phi) is 4.09. The molecule has 1 aromatic carbocycles. The summed E-state index contributed by atoms with van der Waals surface area (Å²) in [6.45, 7) is 4.74. The van der Waals surface area contributed by atoms with Crippen LogP contribution in [0.3, 0.4) is 0 Å². The number of benzene rings is 1. The van der Waals surface area contributed by atoms with E-state index in [0.717, 1.165) is 5.88 Å². The van der Waals surface area contributed by atoms with Gasteiger partial charge in [-0.05, 0) is 45.0 Å². The minimum Gasteiger partial charge on any atom is -0.294 e. The van der Waals surface area contributed by atoms with E-state index in [1.165, 1.54) is 42.8 Å². The Labute approximate surface area is 96.9 Å². The summed E-state index contributed by atoms with van der Waals surface area (Å²) >= 11 is 1.97. The van der Waals surface area contributed by atoms with Gasteiger partial charge in [-0.25, -0.2) is 0 Å². The smallest absolute Gasteiger partial charge is 0.0491 e. The van der Waals surface area contributed by atoms with Crippen molar-refractivity contribution in [3.8, 4) is 0 Å². The van der Waals surface area contributed by atoms with Gasteiger partial charge in [0.15, 0.2) is 0 Å². The van der Waals surface area contributed by atoms with Gasteiger partial charge in [-0.3, -0.25) is 4.90 Å². The second kappa shape index (κ2) is 5.57. The highest BCUT2D eigenvalue weighted by atomic mass is 32.2. The summed E-state index contributed by atoms with van der Waals surface area (Å²) in [6, 6.07) is 8.79. The van der Waals surface area contributed by atoms with Gasteiger partial charge in [0, 0.05) is 10.8 Å². The van der Waals surface area contributed by atoms with Crippen molar-refractivity contribution in [2.24, 2.45) is 0 Å². The van der Waals surface area contributed by atoms with Gasteiger partial charge in [0.05, 0.1) is 0 Å². The molecule has 0 aliphatic carbocycles. The summed E-state index contributed by atoms with van der Waals surface area (Å²) in [5.41, 5.74) is 1.36. The van der Waals surface area contributed by atoms with Crippen molar-refractivity contribution in [2.75, 3.05) is 19.0 Å². The van der Waals surface area contributed by atoms with Gasteiger partial charge in [0.25, 0.3) is 0 Å². The van der Waals surface area contributed by atoms with Crippen LogP contribution < -0.4 is 0 Å². The average molecular weight is 221 g/mol. The summed E-state index contributed by atoms with van der Waals surface area (Å²) in [4.78, 5) is 3.97. The van der Waals surface area contributed by atoms with Crippen LogP contribution in [0.5, 0.6) is 0 Å². The van der Waals surface area contributed by atoms with Crippen LogP contribution in [0.1, 0.15) is 24.8 Å². The molecule has 1 saturated heterocycles. The van der Waals surface area contributed by atoms with Crippen molar-refractivity contribution < 1.29 is 0 Å². The number of nitrogens with zero attached hydrogens (tertiary/aromatic N) is 1. The summed E-state index contributed by atoms with van der Waals surface area (Å²) in [7, 11) is 0.